The van der Waals surface area contributed by atoms with Crippen molar-refractivity contribution in [1.29, 1.82) is 0 Å². The molecule has 0 aliphatic carbocycles. The molecule has 0 spiro atoms. The van der Waals surface area contributed by atoms with Crippen LogP contribution in [0, 0.1) is 0 Å². The van der Waals surface area contributed by atoms with Gasteiger partial charge in [0, 0.05) is 6.54 Å². The van der Waals surface area contributed by atoms with Gasteiger partial charge in [0.25, 0.3) is 0 Å². The molecule has 3 rings (SSSR count). The van der Waals surface area contributed by atoms with Gasteiger partial charge in [-0.15, -0.1) is 0 Å². The fraction of sp³-hybridized carbons (Fsp3) is 0.250. The first-order valence-corrected chi connectivity index (χ1v) is 7.59. The van der Waals surface area contributed by atoms with Crippen LogP contribution in [0.1, 0.15) is 5.56 Å². The molecular formula is C16H17N5O4. The maximum absolute atomic E-state index is 10.7. The van der Waals surface area contributed by atoms with Gasteiger partial charge in [0.2, 0.25) is 0 Å². The predicted molar refractivity (Wildman–Crippen MR) is 88.7 cm³/mol. The first kappa shape index (κ1) is 16.8. The third kappa shape index (κ3) is 3.73. The minimum atomic E-state index is -1.88. The summed E-state index contributed by atoms with van der Waals surface area (Å²) in [5.74, 6) is -0.961. The maximum Gasteiger partial charge on any atom is 0.335 e. The van der Waals surface area contributed by atoms with Crippen molar-refractivity contribution >= 4 is 23.0 Å². The third-order valence-electron chi connectivity index (χ3n) is 3.71. The number of imidazole rings is 1. The molecule has 0 aliphatic rings. The standard InChI is InChI=1S/C16H17N5O4/c22-11(13(23)16(24)25)7-21-9-20-12-14(18-8-19-15(12)21)17-6-10-4-2-1-3-5-10/h1-5,8-9,11,13,22-23H,6-7H2,(H,24,25)(H,17,18,19)/t11-,13-/m1/s1. The average molecular weight is 343 g/mol. The largest absolute Gasteiger partial charge is 0.479 e. The van der Waals surface area contributed by atoms with Gasteiger partial charge in [-0.3, -0.25) is 0 Å². The van der Waals surface area contributed by atoms with Gasteiger partial charge >= 0.3 is 5.97 Å². The zero-order valence-electron chi connectivity index (χ0n) is 13.1. The Morgan fingerprint density at radius 2 is 1.92 bits per heavy atom. The lowest BCUT2D eigenvalue weighted by Crippen LogP contribution is -2.36. The van der Waals surface area contributed by atoms with Crippen molar-refractivity contribution < 1.29 is 20.1 Å². The van der Waals surface area contributed by atoms with Crippen molar-refractivity contribution in [1.82, 2.24) is 19.5 Å². The van der Waals surface area contributed by atoms with E-state index in [4.69, 9.17) is 5.11 Å². The topological polar surface area (TPSA) is 133 Å². The number of hydrogen-bond donors (Lipinski definition) is 4. The highest BCUT2D eigenvalue weighted by Gasteiger charge is 2.24. The molecule has 4 N–H and O–H groups in total. The van der Waals surface area contributed by atoms with Crippen LogP contribution in [-0.4, -0.2) is 53.0 Å². The Hall–Kier alpha value is -3.04. The summed E-state index contributed by atoms with van der Waals surface area (Å²) in [6.07, 6.45) is -0.584. The van der Waals surface area contributed by atoms with Crippen molar-refractivity contribution in [3.63, 3.8) is 0 Å². The lowest BCUT2D eigenvalue weighted by Gasteiger charge is -2.14. The lowest BCUT2D eigenvalue weighted by molar-refractivity contribution is -0.153. The smallest absolute Gasteiger partial charge is 0.335 e. The number of nitrogens with one attached hydrogen (secondary N) is 1. The van der Waals surface area contributed by atoms with Crippen LogP contribution >= 0.6 is 0 Å². The van der Waals surface area contributed by atoms with Gasteiger partial charge in [-0.2, -0.15) is 0 Å². The predicted octanol–water partition coefficient (Wildman–Crippen LogP) is 0.245. The second-order valence-corrected chi connectivity index (χ2v) is 5.48. The van der Waals surface area contributed by atoms with E-state index in [1.54, 1.807) is 0 Å². The number of aliphatic hydroxyl groups excluding tert-OH is 2. The Kier molecular flexibility index (Phi) is 4.87. The number of anilines is 1. The van der Waals surface area contributed by atoms with E-state index in [0.29, 0.717) is 23.5 Å². The van der Waals surface area contributed by atoms with Crippen molar-refractivity contribution in [2.24, 2.45) is 0 Å². The number of nitrogens with zero attached hydrogens (tertiary/aromatic N) is 4. The van der Waals surface area contributed by atoms with E-state index in [0.717, 1.165) is 5.56 Å². The number of aliphatic carboxylic acids is 1. The van der Waals surface area contributed by atoms with Gasteiger partial charge in [-0.05, 0) is 5.56 Å². The molecule has 2 atom stereocenters. The molecule has 2 heterocycles. The van der Waals surface area contributed by atoms with Crippen LogP contribution < -0.4 is 5.32 Å². The molecule has 0 radical (unpaired) electrons. The monoisotopic (exact) mass is 343 g/mol. The minimum Gasteiger partial charge on any atom is -0.479 e. The molecule has 2 aromatic heterocycles. The molecule has 130 valence electrons. The molecule has 9 nitrogen and oxygen atoms in total. The highest BCUT2D eigenvalue weighted by molar-refractivity contribution is 5.82. The first-order valence-electron chi connectivity index (χ1n) is 7.59. The summed E-state index contributed by atoms with van der Waals surface area (Å²) >= 11 is 0. The second-order valence-electron chi connectivity index (χ2n) is 5.48. The maximum atomic E-state index is 10.7. The highest BCUT2D eigenvalue weighted by atomic mass is 16.4. The van der Waals surface area contributed by atoms with E-state index in [1.807, 2.05) is 30.3 Å². The third-order valence-corrected chi connectivity index (χ3v) is 3.71. The zero-order chi connectivity index (χ0) is 17.8. The summed E-state index contributed by atoms with van der Waals surface area (Å²) < 4.78 is 1.47. The Balaban J connectivity index is 1.79. The van der Waals surface area contributed by atoms with Crippen LogP contribution in [0.5, 0.6) is 0 Å². The van der Waals surface area contributed by atoms with E-state index >= 15 is 0 Å². The van der Waals surface area contributed by atoms with Crippen LogP contribution in [-0.2, 0) is 17.9 Å². The van der Waals surface area contributed by atoms with Gasteiger partial charge in [0.15, 0.2) is 17.6 Å². The van der Waals surface area contributed by atoms with E-state index in [2.05, 4.69) is 20.3 Å². The molecule has 0 saturated heterocycles. The molecule has 0 amide bonds. The van der Waals surface area contributed by atoms with Gasteiger partial charge in [-0.1, -0.05) is 30.3 Å². The number of aromatic nitrogens is 4. The van der Waals surface area contributed by atoms with Crippen molar-refractivity contribution in [3.05, 3.63) is 48.5 Å². The van der Waals surface area contributed by atoms with Crippen molar-refractivity contribution in [3.8, 4) is 0 Å². The second kappa shape index (κ2) is 7.24. The first-order chi connectivity index (χ1) is 12.1. The number of hydrogen-bond acceptors (Lipinski definition) is 7. The number of carboxylic acid groups (broad SMARTS) is 1. The minimum absolute atomic E-state index is 0.154. The van der Waals surface area contributed by atoms with Gasteiger partial charge in [0.05, 0.1) is 12.9 Å². The van der Waals surface area contributed by atoms with Crippen LogP contribution in [0.2, 0.25) is 0 Å². The molecule has 0 aliphatic heterocycles. The fourth-order valence-corrected chi connectivity index (χ4v) is 2.39. The summed E-state index contributed by atoms with van der Waals surface area (Å²) in [5.41, 5.74) is 2.01. The molecule has 1 aromatic carbocycles. The Labute approximate surface area is 142 Å². The van der Waals surface area contributed by atoms with Crippen LogP contribution in [0.3, 0.4) is 0 Å². The van der Waals surface area contributed by atoms with E-state index in [-0.39, 0.29) is 6.54 Å². The van der Waals surface area contributed by atoms with Crippen LogP contribution in [0.15, 0.2) is 43.0 Å². The quantitative estimate of drug-likeness (QED) is 0.479. The van der Waals surface area contributed by atoms with E-state index in [1.165, 1.54) is 17.2 Å². The van der Waals surface area contributed by atoms with Gasteiger partial charge in [0.1, 0.15) is 17.9 Å². The molecule has 0 bridgehead atoms. The van der Waals surface area contributed by atoms with E-state index < -0.39 is 18.2 Å². The number of carboxylic acids is 1. The summed E-state index contributed by atoms with van der Waals surface area (Å²) in [7, 11) is 0. The molecule has 3 aromatic rings. The van der Waals surface area contributed by atoms with Crippen molar-refractivity contribution in [2.45, 2.75) is 25.3 Å². The molecule has 25 heavy (non-hydrogen) atoms. The van der Waals surface area contributed by atoms with E-state index in [9.17, 15) is 15.0 Å². The number of benzene rings is 1. The van der Waals surface area contributed by atoms with Gasteiger partial charge in [-0.25, -0.2) is 19.7 Å². The normalized spacial score (nSPS) is 13.5. The van der Waals surface area contributed by atoms with Crippen molar-refractivity contribution in [2.75, 3.05) is 5.32 Å². The van der Waals surface area contributed by atoms with Crippen LogP contribution in [0.4, 0.5) is 5.82 Å². The van der Waals surface area contributed by atoms with Crippen LogP contribution in [0.25, 0.3) is 11.2 Å². The lowest BCUT2D eigenvalue weighted by atomic mass is 10.2. The Bertz CT molecular complexity index is 867. The molecule has 0 unspecified atom stereocenters. The average Bonchev–Trinajstić information content (AvgIpc) is 3.03. The summed E-state index contributed by atoms with van der Waals surface area (Å²) in [6.45, 7) is 0.402. The number of aliphatic hydroxyl groups is 2. The Morgan fingerprint density at radius 1 is 1.16 bits per heavy atom. The van der Waals surface area contributed by atoms with Gasteiger partial charge < -0.3 is 25.2 Å². The molecule has 0 fully saturated rings. The molecular weight excluding hydrogens is 326 g/mol. The molecule has 0 saturated carbocycles. The number of rotatable bonds is 7. The molecule has 9 heteroatoms. The number of fused-ring (bicyclic) bond motifs is 1. The zero-order valence-corrected chi connectivity index (χ0v) is 13.1. The summed E-state index contributed by atoms with van der Waals surface area (Å²) in [4.78, 5) is 23.3. The summed E-state index contributed by atoms with van der Waals surface area (Å²) in [5, 5.41) is 31.1. The summed E-state index contributed by atoms with van der Waals surface area (Å²) in [6, 6.07) is 9.78. The fourth-order valence-electron chi connectivity index (χ4n) is 2.39. The Morgan fingerprint density at radius 3 is 2.64 bits per heavy atom. The SMILES string of the molecule is O=C(O)[C@H](O)[C@H](O)Cn1cnc2c(NCc3ccccc3)ncnc21. The highest BCUT2D eigenvalue weighted by Crippen LogP contribution is 2.18. The number of carbonyl (C=O) groups is 1.